The maximum atomic E-state index is 5.32. The van der Waals surface area contributed by atoms with Crippen LogP contribution in [0.25, 0.3) is 11.1 Å². The molecule has 0 saturated heterocycles. The molecule has 0 N–H and O–H groups in total. The molecule has 0 amide bonds. The minimum absolute atomic E-state index is 0.873. The first-order valence-corrected chi connectivity index (χ1v) is 6.87. The summed E-state index contributed by atoms with van der Waals surface area (Å²) in [5, 5.41) is 0. The Morgan fingerprint density at radius 3 is 2.06 bits per heavy atom. The summed E-state index contributed by atoms with van der Waals surface area (Å²) in [7, 11) is 3.37. The Hall–Kier alpha value is -1.61. The maximum absolute atomic E-state index is 5.32. The van der Waals surface area contributed by atoms with Crippen LogP contribution < -0.4 is 9.47 Å². The molecule has 2 nitrogen and oxygen atoms in total. The number of methoxy groups -OCH3 is 2. The lowest BCUT2D eigenvalue weighted by Crippen LogP contribution is -1.87. The van der Waals surface area contributed by atoms with Gasteiger partial charge < -0.3 is 9.47 Å². The Morgan fingerprint density at radius 1 is 0.833 bits per heavy atom. The molecule has 0 heterocycles. The van der Waals surface area contributed by atoms with Crippen LogP contribution in [0.5, 0.6) is 11.5 Å². The highest BCUT2D eigenvalue weighted by Crippen LogP contribution is 2.32. The zero-order chi connectivity index (χ0) is 13.0. The molecule has 3 heteroatoms. The number of ether oxygens (including phenoxy) is 2. The third-order valence-electron chi connectivity index (χ3n) is 2.81. The summed E-state index contributed by atoms with van der Waals surface area (Å²) in [6, 6.07) is 14.3. The SMILES string of the molecule is COc1ccc(-c2ccc(OC)c(SC)c2)cc1. The van der Waals surface area contributed by atoms with Crippen molar-refractivity contribution in [3.8, 4) is 22.6 Å². The van der Waals surface area contributed by atoms with Crippen molar-refractivity contribution in [1.82, 2.24) is 0 Å². The van der Waals surface area contributed by atoms with Crippen LogP contribution in [-0.2, 0) is 0 Å². The standard InChI is InChI=1S/C15H16O2S/c1-16-13-7-4-11(5-8-13)12-6-9-14(17-2)15(10-12)18-3/h4-10H,1-3H3. The molecular weight excluding hydrogens is 244 g/mol. The van der Waals surface area contributed by atoms with E-state index in [1.165, 1.54) is 11.1 Å². The Morgan fingerprint density at radius 2 is 1.50 bits per heavy atom. The van der Waals surface area contributed by atoms with Crippen LogP contribution in [-0.4, -0.2) is 20.5 Å². The zero-order valence-electron chi connectivity index (χ0n) is 10.8. The van der Waals surface area contributed by atoms with Gasteiger partial charge in [-0.3, -0.25) is 0 Å². The van der Waals surface area contributed by atoms with E-state index in [0.29, 0.717) is 0 Å². The first-order valence-electron chi connectivity index (χ1n) is 5.65. The van der Waals surface area contributed by atoms with Crippen molar-refractivity contribution in [2.75, 3.05) is 20.5 Å². The molecule has 2 rings (SSSR count). The lowest BCUT2D eigenvalue weighted by atomic mass is 10.1. The van der Waals surface area contributed by atoms with Crippen LogP contribution in [0.2, 0.25) is 0 Å². The number of hydrogen-bond acceptors (Lipinski definition) is 3. The molecule has 94 valence electrons. The molecule has 0 aliphatic rings. The predicted octanol–water partition coefficient (Wildman–Crippen LogP) is 4.09. The van der Waals surface area contributed by atoms with Crippen LogP contribution in [0.15, 0.2) is 47.4 Å². The maximum Gasteiger partial charge on any atom is 0.132 e. The fourth-order valence-electron chi connectivity index (χ4n) is 1.80. The first kappa shape index (κ1) is 12.8. The average molecular weight is 260 g/mol. The van der Waals surface area contributed by atoms with Gasteiger partial charge in [0.2, 0.25) is 0 Å². The average Bonchev–Trinajstić information content (AvgIpc) is 2.46. The molecule has 0 fully saturated rings. The molecule has 18 heavy (non-hydrogen) atoms. The van der Waals surface area contributed by atoms with Crippen molar-refractivity contribution in [3.05, 3.63) is 42.5 Å². The molecular formula is C15H16O2S. The topological polar surface area (TPSA) is 18.5 Å². The second kappa shape index (κ2) is 5.83. The fraction of sp³-hybridized carbons (Fsp3) is 0.200. The Kier molecular flexibility index (Phi) is 4.15. The van der Waals surface area contributed by atoms with E-state index in [2.05, 4.69) is 30.5 Å². The summed E-state index contributed by atoms with van der Waals surface area (Å²) in [5.74, 6) is 1.79. The summed E-state index contributed by atoms with van der Waals surface area (Å²) in [6.45, 7) is 0. The van der Waals surface area contributed by atoms with Gasteiger partial charge in [-0.2, -0.15) is 0 Å². The van der Waals surface area contributed by atoms with Crippen molar-refractivity contribution < 1.29 is 9.47 Å². The second-order valence-corrected chi connectivity index (χ2v) is 4.65. The van der Waals surface area contributed by atoms with E-state index < -0.39 is 0 Å². The van der Waals surface area contributed by atoms with Crippen LogP contribution in [0.3, 0.4) is 0 Å². The van der Waals surface area contributed by atoms with Crippen LogP contribution in [0, 0.1) is 0 Å². The van der Waals surface area contributed by atoms with E-state index >= 15 is 0 Å². The molecule has 0 atom stereocenters. The van der Waals surface area contributed by atoms with Gasteiger partial charge in [0.15, 0.2) is 0 Å². The molecule has 0 bridgehead atoms. The van der Waals surface area contributed by atoms with Gasteiger partial charge in [0, 0.05) is 4.90 Å². The highest BCUT2D eigenvalue weighted by atomic mass is 32.2. The minimum atomic E-state index is 0.873. The summed E-state index contributed by atoms with van der Waals surface area (Å²) >= 11 is 1.69. The van der Waals surface area contributed by atoms with Crippen molar-refractivity contribution in [2.45, 2.75) is 4.90 Å². The number of benzene rings is 2. The van der Waals surface area contributed by atoms with Gasteiger partial charge in [-0.15, -0.1) is 11.8 Å². The van der Waals surface area contributed by atoms with Crippen molar-refractivity contribution in [2.24, 2.45) is 0 Å². The first-order chi connectivity index (χ1) is 8.78. The number of thioether (sulfide) groups is 1. The van der Waals surface area contributed by atoms with Crippen molar-refractivity contribution >= 4 is 11.8 Å². The third kappa shape index (κ3) is 2.62. The van der Waals surface area contributed by atoms with E-state index in [-0.39, 0.29) is 0 Å². The molecule has 0 aliphatic carbocycles. The van der Waals surface area contributed by atoms with Gasteiger partial charge in [-0.25, -0.2) is 0 Å². The summed E-state index contributed by atoms with van der Waals surface area (Å²) < 4.78 is 10.5. The van der Waals surface area contributed by atoms with Crippen LogP contribution >= 0.6 is 11.8 Å². The van der Waals surface area contributed by atoms with Gasteiger partial charge >= 0.3 is 0 Å². The summed E-state index contributed by atoms with van der Waals surface area (Å²) in [5.41, 5.74) is 2.36. The number of rotatable bonds is 4. The van der Waals surface area contributed by atoms with Gasteiger partial charge in [0.1, 0.15) is 11.5 Å². The van der Waals surface area contributed by atoms with Crippen molar-refractivity contribution in [3.63, 3.8) is 0 Å². The molecule has 2 aromatic carbocycles. The Bertz CT molecular complexity index is 521. The fourth-order valence-corrected chi connectivity index (χ4v) is 2.40. The minimum Gasteiger partial charge on any atom is -0.497 e. The Labute approximate surface area is 112 Å². The predicted molar refractivity (Wildman–Crippen MR) is 76.8 cm³/mol. The van der Waals surface area contributed by atoms with Crippen molar-refractivity contribution in [1.29, 1.82) is 0 Å². The normalized spacial score (nSPS) is 10.2. The lowest BCUT2D eigenvalue weighted by Gasteiger charge is -2.09. The quantitative estimate of drug-likeness (QED) is 0.771. The van der Waals surface area contributed by atoms with Crippen LogP contribution in [0.4, 0.5) is 0 Å². The molecule has 2 aromatic rings. The van der Waals surface area contributed by atoms with Crippen LogP contribution in [0.1, 0.15) is 0 Å². The van der Waals surface area contributed by atoms with E-state index in [4.69, 9.17) is 9.47 Å². The largest absolute Gasteiger partial charge is 0.497 e. The zero-order valence-corrected chi connectivity index (χ0v) is 11.6. The molecule has 0 aliphatic heterocycles. The molecule has 0 spiro atoms. The highest BCUT2D eigenvalue weighted by molar-refractivity contribution is 7.98. The van der Waals surface area contributed by atoms with Gasteiger partial charge in [-0.05, 0) is 41.6 Å². The third-order valence-corrected chi connectivity index (χ3v) is 3.57. The summed E-state index contributed by atoms with van der Waals surface area (Å²) in [6.07, 6.45) is 2.05. The highest BCUT2D eigenvalue weighted by Gasteiger charge is 2.05. The van der Waals surface area contributed by atoms with Gasteiger partial charge in [0.05, 0.1) is 14.2 Å². The van der Waals surface area contributed by atoms with Gasteiger partial charge in [-0.1, -0.05) is 18.2 Å². The summed E-state index contributed by atoms with van der Waals surface area (Å²) in [4.78, 5) is 1.14. The van der Waals surface area contributed by atoms with E-state index in [1.807, 2.05) is 18.2 Å². The van der Waals surface area contributed by atoms with E-state index in [1.54, 1.807) is 26.0 Å². The second-order valence-electron chi connectivity index (χ2n) is 3.80. The molecule has 0 aromatic heterocycles. The lowest BCUT2D eigenvalue weighted by molar-refractivity contribution is 0.405. The number of hydrogen-bond donors (Lipinski definition) is 0. The van der Waals surface area contributed by atoms with Gasteiger partial charge in [0.25, 0.3) is 0 Å². The van der Waals surface area contributed by atoms with E-state index in [9.17, 15) is 0 Å². The monoisotopic (exact) mass is 260 g/mol. The smallest absolute Gasteiger partial charge is 0.132 e. The molecule has 0 unspecified atom stereocenters. The molecule has 0 saturated carbocycles. The van der Waals surface area contributed by atoms with E-state index in [0.717, 1.165) is 16.4 Å². The Balaban J connectivity index is 2.37. The molecule has 0 radical (unpaired) electrons.